The molecule has 4 rings (SSSR count). The van der Waals surface area contributed by atoms with Gasteiger partial charge < -0.3 is 14.5 Å². The molecule has 3 aliphatic heterocycles. The molecule has 1 aromatic rings. The van der Waals surface area contributed by atoms with Crippen molar-refractivity contribution >= 4 is 30.7 Å². The Balaban J connectivity index is 1.42. The van der Waals surface area contributed by atoms with E-state index in [0.717, 1.165) is 24.4 Å². The summed E-state index contributed by atoms with van der Waals surface area (Å²) in [5, 5.41) is 2.32. The molecule has 0 bridgehead atoms. The molecule has 0 aromatic heterocycles. The van der Waals surface area contributed by atoms with Gasteiger partial charge in [-0.3, -0.25) is 24.7 Å². The Labute approximate surface area is 180 Å². The molecule has 1 unspecified atom stereocenters. The highest BCUT2D eigenvalue weighted by molar-refractivity contribution is 6.05. The van der Waals surface area contributed by atoms with Gasteiger partial charge in [-0.2, -0.15) is 0 Å². The number of hydrogen-bond donors (Lipinski definition) is 1. The summed E-state index contributed by atoms with van der Waals surface area (Å²) < 4.78 is 6.17. The monoisotopic (exact) mass is 423 g/mol. The Morgan fingerprint density at radius 2 is 2.13 bits per heavy atom. The molecule has 1 aromatic carbocycles. The highest BCUT2D eigenvalue weighted by Gasteiger charge is 2.39. The summed E-state index contributed by atoms with van der Waals surface area (Å²) in [4.78, 5) is 48.2. The summed E-state index contributed by atoms with van der Waals surface area (Å²) in [6.07, 6.45) is 4.77. The van der Waals surface area contributed by atoms with E-state index < -0.39 is 11.9 Å². The minimum absolute atomic E-state index is 0.0123. The van der Waals surface area contributed by atoms with E-state index >= 15 is 0 Å². The number of amides is 3. The lowest BCUT2D eigenvalue weighted by molar-refractivity contribution is -0.136. The average molecular weight is 423 g/mol. The fourth-order valence-electron chi connectivity index (χ4n) is 4.26. The summed E-state index contributed by atoms with van der Waals surface area (Å²) in [6.45, 7) is 7.16. The van der Waals surface area contributed by atoms with E-state index in [1.807, 2.05) is 13.0 Å². The summed E-state index contributed by atoms with van der Waals surface area (Å²) in [7, 11) is 0. The number of nitrogens with one attached hydrogen (secondary N) is 1. The van der Waals surface area contributed by atoms with Crippen molar-refractivity contribution in [3.8, 4) is 5.75 Å². The van der Waals surface area contributed by atoms with E-state index in [0.29, 0.717) is 30.8 Å². The standard InChI is InChI=1S/C22H25N5O4/c1-3-24-19(11-23-2)26-9-8-16(13-26)31-15-4-5-17-14(10-15)12-27(22(17)30)18-6-7-20(28)25-21(18)29/h3-5,10-11,16,18H,2,6-9,12-13H2,1H3,(H,25,28,29)/b19-11+,24-3-/t16-,18?/m1/s1. The predicted molar refractivity (Wildman–Crippen MR) is 115 cm³/mol. The van der Waals surface area contributed by atoms with Crippen molar-refractivity contribution in [1.82, 2.24) is 15.1 Å². The quantitative estimate of drug-likeness (QED) is 0.552. The molecular formula is C22H25N5O4. The van der Waals surface area contributed by atoms with Gasteiger partial charge in [0.1, 0.15) is 23.7 Å². The van der Waals surface area contributed by atoms with Crippen molar-refractivity contribution < 1.29 is 19.1 Å². The second-order valence-electron chi connectivity index (χ2n) is 7.75. The third kappa shape index (κ3) is 4.21. The van der Waals surface area contributed by atoms with Crippen LogP contribution in [0.15, 0.2) is 40.2 Å². The van der Waals surface area contributed by atoms with Crippen LogP contribution >= 0.6 is 0 Å². The molecule has 0 radical (unpaired) electrons. The molecule has 0 aliphatic carbocycles. The molecule has 0 saturated carbocycles. The molecule has 9 nitrogen and oxygen atoms in total. The molecule has 31 heavy (non-hydrogen) atoms. The third-order valence-corrected chi connectivity index (χ3v) is 5.73. The summed E-state index contributed by atoms with van der Waals surface area (Å²) in [5.41, 5.74) is 1.40. The van der Waals surface area contributed by atoms with Crippen molar-refractivity contribution in [2.45, 2.75) is 44.9 Å². The molecule has 9 heteroatoms. The van der Waals surface area contributed by atoms with Gasteiger partial charge in [-0.15, -0.1) is 0 Å². The van der Waals surface area contributed by atoms with Gasteiger partial charge in [0.05, 0.1) is 12.7 Å². The van der Waals surface area contributed by atoms with Gasteiger partial charge in [-0.1, -0.05) is 0 Å². The van der Waals surface area contributed by atoms with Crippen LogP contribution in [0.4, 0.5) is 0 Å². The summed E-state index contributed by atoms with van der Waals surface area (Å²) in [6, 6.07) is 4.79. The number of likely N-dealkylation sites (tertiary alicyclic amines) is 1. The number of ether oxygens (including phenoxy) is 1. The van der Waals surface area contributed by atoms with Gasteiger partial charge >= 0.3 is 0 Å². The molecular weight excluding hydrogens is 398 g/mol. The van der Waals surface area contributed by atoms with Gasteiger partial charge in [-0.25, -0.2) is 4.99 Å². The maximum absolute atomic E-state index is 12.8. The Morgan fingerprint density at radius 1 is 1.29 bits per heavy atom. The lowest BCUT2D eigenvalue weighted by Gasteiger charge is -2.29. The topological polar surface area (TPSA) is 104 Å². The van der Waals surface area contributed by atoms with Crippen LogP contribution < -0.4 is 10.1 Å². The molecule has 162 valence electrons. The Morgan fingerprint density at radius 3 is 2.87 bits per heavy atom. The first-order valence-corrected chi connectivity index (χ1v) is 10.3. The van der Waals surface area contributed by atoms with E-state index in [4.69, 9.17) is 4.74 Å². The van der Waals surface area contributed by atoms with Crippen molar-refractivity contribution in [3.05, 3.63) is 41.3 Å². The number of carbonyl (C=O) groups excluding carboxylic acids is 3. The molecule has 0 spiro atoms. The molecule has 3 aliphatic rings. The molecule has 2 atom stereocenters. The SMILES string of the molecule is C=N/C=C(\N=C/C)N1CC[C@@H](Oc2ccc3c(c2)CN(C2CCC(=O)NC2=O)C3=O)C1. The predicted octanol–water partition coefficient (Wildman–Crippen LogP) is 1.49. The van der Waals surface area contributed by atoms with Crippen molar-refractivity contribution in [2.24, 2.45) is 9.98 Å². The average Bonchev–Trinajstić information content (AvgIpc) is 3.32. The molecule has 1 N–H and O–H groups in total. The van der Waals surface area contributed by atoms with E-state index in [2.05, 4.69) is 26.9 Å². The van der Waals surface area contributed by atoms with Crippen LogP contribution in [-0.4, -0.2) is 65.7 Å². The number of rotatable bonds is 6. The van der Waals surface area contributed by atoms with Gasteiger partial charge in [0.25, 0.3) is 5.91 Å². The maximum atomic E-state index is 12.8. The van der Waals surface area contributed by atoms with E-state index in [9.17, 15) is 14.4 Å². The minimum atomic E-state index is -0.617. The zero-order valence-electron chi connectivity index (χ0n) is 17.4. The fraction of sp³-hybridized carbons (Fsp3) is 0.409. The zero-order valence-corrected chi connectivity index (χ0v) is 17.4. The van der Waals surface area contributed by atoms with Crippen LogP contribution in [0.3, 0.4) is 0 Å². The number of aliphatic imine (C=N–C) groups is 2. The molecule has 2 fully saturated rings. The van der Waals surface area contributed by atoms with Crippen molar-refractivity contribution in [3.63, 3.8) is 0 Å². The van der Waals surface area contributed by atoms with E-state index in [-0.39, 0.29) is 24.3 Å². The maximum Gasteiger partial charge on any atom is 0.255 e. The van der Waals surface area contributed by atoms with Gasteiger partial charge in [0.15, 0.2) is 0 Å². The van der Waals surface area contributed by atoms with Crippen LogP contribution in [0.1, 0.15) is 42.1 Å². The largest absolute Gasteiger partial charge is 0.489 e. The second-order valence-corrected chi connectivity index (χ2v) is 7.75. The lowest BCUT2D eigenvalue weighted by atomic mass is 10.0. The Kier molecular flexibility index (Phi) is 5.83. The van der Waals surface area contributed by atoms with Gasteiger partial charge in [-0.05, 0) is 43.8 Å². The van der Waals surface area contributed by atoms with Crippen LogP contribution in [-0.2, 0) is 16.1 Å². The van der Waals surface area contributed by atoms with Crippen molar-refractivity contribution in [1.29, 1.82) is 0 Å². The van der Waals surface area contributed by atoms with Crippen LogP contribution in [0.2, 0.25) is 0 Å². The highest BCUT2D eigenvalue weighted by Crippen LogP contribution is 2.31. The normalized spacial score (nSPS) is 24.0. The number of imide groups is 1. The number of hydrogen-bond acceptors (Lipinski definition) is 7. The smallest absolute Gasteiger partial charge is 0.255 e. The Bertz CT molecular complexity index is 986. The van der Waals surface area contributed by atoms with Crippen molar-refractivity contribution in [2.75, 3.05) is 13.1 Å². The van der Waals surface area contributed by atoms with Crippen LogP contribution in [0, 0.1) is 0 Å². The lowest BCUT2D eigenvalue weighted by Crippen LogP contribution is -2.52. The first-order valence-electron chi connectivity index (χ1n) is 10.3. The minimum Gasteiger partial charge on any atom is -0.489 e. The molecule has 3 amide bonds. The number of piperidine rings is 1. The van der Waals surface area contributed by atoms with Gasteiger partial charge in [0, 0.05) is 37.7 Å². The molecule has 3 heterocycles. The van der Waals surface area contributed by atoms with Gasteiger partial charge in [0.2, 0.25) is 11.8 Å². The first-order chi connectivity index (χ1) is 15.0. The fourth-order valence-corrected chi connectivity index (χ4v) is 4.26. The Hall–Kier alpha value is -3.49. The second kappa shape index (κ2) is 8.71. The van der Waals surface area contributed by atoms with E-state index in [1.165, 1.54) is 4.90 Å². The number of benzene rings is 1. The zero-order chi connectivity index (χ0) is 22.0. The van der Waals surface area contributed by atoms with Crippen LogP contribution in [0.25, 0.3) is 0 Å². The van der Waals surface area contributed by atoms with E-state index in [1.54, 1.807) is 24.5 Å². The first kappa shape index (κ1) is 20.8. The number of carbonyl (C=O) groups is 3. The number of fused-ring (bicyclic) bond motifs is 1. The summed E-state index contributed by atoms with van der Waals surface area (Å²) >= 11 is 0. The number of nitrogens with zero attached hydrogens (tertiary/aromatic N) is 4. The third-order valence-electron chi connectivity index (χ3n) is 5.73. The van der Waals surface area contributed by atoms with Crippen LogP contribution in [0.5, 0.6) is 5.75 Å². The summed E-state index contributed by atoms with van der Waals surface area (Å²) in [5.74, 6) is 0.552. The molecule has 2 saturated heterocycles. The highest BCUT2D eigenvalue weighted by atomic mass is 16.5.